The SMILES string of the molecule is COC(=O)c1nc(N2CCN(c3ccc(Cl)cc3)CC2)sc1-c1ccc(C(F)(F)F)cc1. The first-order valence-electron chi connectivity index (χ1n) is 9.78. The summed E-state index contributed by atoms with van der Waals surface area (Å²) in [4.78, 5) is 21.6. The van der Waals surface area contributed by atoms with Crippen LogP contribution in [-0.4, -0.2) is 44.2 Å². The van der Waals surface area contributed by atoms with Crippen LogP contribution >= 0.6 is 22.9 Å². The number of piperazine rings is 1. The van der Waals surface area contributed by atoms with Gasteiger partial charge in [0.1, 0.15) is 0 Å². The molecule has 0 radical (unpaired) electrons. The van der Waals surface area contributed by atoms with Crippen molar-refractivity contribution in [3.8, 4) is 10.4 Å². The van der Waals surface area contributed by atoms with Gasteiger partial charge >= 0.3 is 12.1 Å². The lowest BCUT2D eigenvalue weighted by Gasteiger charge is -2.36. The Hall–Kier alpha value is -2.78. The highest BCUT2D eigenvalue weighted by molar-refractivity contribution is 7.19. The summed E-state index contributed by atoms with van der Waals surface area (Å²) in [5, 5.41) is 1.32. The third kappa shape index (κ3) is 4.68. The molecule has 4 rings (SSSR count). The molecule has 32 heavy (non-hydrogen) atoms. The Balaban J connectivity index is 1.56. The average Bonchev–Trinajstić information content (AvgIpc) is 3.24. The monoisotopic (exact) mass is 481 g/mol. The molecule has 168 valence electrons. The van der Waals surface area contributed by atoms with E-state index in [0.717, 1.165) is 30.9 Å². The minimum atomic E-state index is -4.42. The summed E-state index contributed by atoms with van der Waals surface area (Å²) in [7, 11) is 1.25. The van der Waals surface area contributed by atoms with Crippen molar-refractivity contribution in [3.05, 3.63) is 64.8 Å². The van der Waals surface area contributed by atoms with Gasteiger partial charge in [0.2, 0.25) is 0 Å². The number of nitrogens with zero attached hydrogens (tertiary/aromatic N) is 3. The Morgan fingerprint density at radius 3 is 2.16 bits per heavy atom. The van der Waals surface area contributed by atoms with E-state index in [4.69, 9.17) is 16.3 Å². The van der Waals surface area contributed by atoms with Crippen molar-refractivity contribution >= 4 is 39.7 Å². The number of halogens is 4. The molecular weight excluding hydrogens is 463 g/mol. The van der Waals surface area contributed by atoms with Crippen molar-refractivity contribution in [2.45, 2.75) is 6.18 Å². The number of ether oxygens (including phenoxy) is 1. The molecular formula is C22H19ClF3N3O2S. The fourth-order valence-corrected chi connectivity index (χ4v) is 4.73. The second kappa shape index (κ2) is 8.99. The Labute approximate surface area is 192 Å². The number of esters is 1. The van der Waals surface area contributed by atoms with E-state index >= 15 is 0 Å². The molecule has 2 heterocycles. The highest BCUT2D eigenvalue weighted by atomic mass is 35.5. The maximum Gasteiger partial charge on any atom is 0.416 e. The Bertz CT molecular complexity index is 1090. The first-order chi connectivity index (χ1) is 15.3. The van der Waals surface area contributed by atoms with Gasteiger partial charge in [0.25, 0.3) is 0 Å². The second-order valence-corrected chi connectivity index (χ2v) is 8.61. The minimum absolute atomic E-state index is 0.104. The largest absolute Gasteiger partial charge is 0.464 e. The van der Waals surface area contributed by atoms with Gasteiger partial charge in [-0.05, 0) is 42.0 Å². The molecule has 1 aromatic heterocycles. The third-order valence-corrected chi connectivity index (χ3v) is 6.63. The summed E-state index contributed by atoms with van der Waals surface area (Å²) in [5.74, 6) is -0.623. The number of methoxy groups -OCH3 is 1. The second-order valence-electron chi connectivity index (χ2n) is 7.19. The molecule has 2 aromatic carbocycles. The van der Waals surface area contributed by atoms with Crippen LogP contribution in [0, 0.1) is 0 Å². The van der Waals surface area contributed by atoms with Crippen molar-refractivity contribution < 1.29 is 22.7 Å². The predicted octanol–water partition coefficient (Wildman–Crippen LogP) is 5.60. The van der Waals surface area contributed by atoms with Crippen LogP contribution in [0.15, 0.2) is 48.5 Å². The molecule has 1 aliphatic rings. The summed E-state index contributed by atoms with van der Waals surface area (Å²) in [6.45, 7) is 2.88. The number of rotatable bonds is 4. The van der Waals surface area contributed by atoms with E-state index in [1.807, 2.05) is 24.3 Å². The lowest BCUT2D eigenvalue weighted by molar-refractivity contribution is -0.137. The summed E-state index contributed by atoms with van der Waals surface area (Å²) < 4.78 is 43.6. The van der Waals surface area contributed by atoms with Crippen LogP contribution in [0.3, 0.4) is 0 Å². The van der Waals surface area contributed by atoms with E-state index < -0.39 is 17.7 Å². The molecule has 0 unspecified atom stereocenters. The van der Waals surface area contributed by atoms with E-state index in [2.05, 4.69) is 14.8 Å². The van der Waals surface area contributed by atoms with Gasteiger partial charge in [-0.2, -0.15) is 13.2 Å². The van der Waals surface area contributed by atoms with Crippen LogP contribution in [0.2, 0.25) is 5.02 Å². The molecule has 0 amide bonds. The van der Waals surface area contributed by atoms with Crippen LogP contribution < -0.4 is 9.80 Å². The molecule has 3 aromatic rings. The van der Waals surface area contributed by atoms with Crippen LogP contribution in [0.1, 0.15) is 16.1 Å². The van der Waals surface area contributed by atoms with Crippen LogP contribution in [0.4, 0.5) is 24.0 Å². The summed E-state index contributed by atoms with van der Waals surface area (Å²) >= 11 is 7.23. The number of anilines is 2. The van der Waals surface area contributed by atoms with Gasteiger partial charge in [-0.1, -0.05) is 35.1 Å². The normalized spacial score (nSPS) is 14.5. The molecule has 0 bridgehead atoms. The van der Waals surface area contributed by atoms with E-state index in [1.165, 1.54) is 30.6 Å². The predicted molar refractivity (Wildman–Crippen MR) is 120 cm³/mol. The van der Waals surface area contributed by atoms with Gasteiger partial charge in [-0.3, -0.25) is 0 Å². The summed E-state index contributed by atoms with van der Waals surface area (Å²) in [6, 6.07) is 12.3. The molecule has 1 fully saturated rings. The van der Waals surface area contributed by atoms with Crippen LogP contribution in [-0.2, 0) is 10.9 Å². The summed E-state index contributed by atoms with van der Waals surface area (Å²) in [5.41, 5.74) is 0.923. The van der Waals surface area contributed by atoms with Gasteiger partial charge in [0.05, 0.1) is 17.6 Å². The average molecular weight is 482 g/mol. The number of hydrogen-bond donors (Lipinski definition) is 0. The van der Waals surface area contributed by atoms with Crippen molar-refractivity contribution in [1.29, 1.82) is 0 Å². The van der Waals surface area contributed by atoms with Gasteiger partial charge in [0.15, 0.2) is 10.8 Å². The fourth-order valence-electron chi connectivity index (χ4n) is 3.49. The zero-order valence-corrected chi connectivity index (χ0v) is 18.6. The molecule has 0 aliphatic carbocycles. The van der Waals surface area contributed by atoms with E-state index in [9.17, 15) is 18.0 Å². The standard InChI is InChI=1S/C22H19ClF3N3O2S/c1-31-20(30)18-19(14-2-4-15(5-3-14)22(24,25)26)32-21(27-18)29-12-10-28(11-13-29)17-8-6-16(23)7-9-17/h2-9H,10-13H2,1H3. The fraction of sp³-hybridized carbons (Fsp3) is 0.273. The lowest BCUT2D eigenvalue weighted by atomic mass is 10.1. The molecule has 1 saturated heterocycles. The number of hydrogen-bond acceptors (Lipinski definition) is 6. The minimum Gasteiger partial charge on any atom is -0.464 e. The topological polar surface area (TPSA) is 45.7 Å². The highest BCUT2D eigenvalue weighted by Crippen LogP contribution is 2.38. The number of thiazole rings is 1. The maximum absolute atomic E-state index is 12.9. The van der Waals surface area contributed by atoms with Gasteiger partial charge in [0, 0.05) is 36.9 Å². The Kier molecular flexibility index (Phi) is 6.30. The highest BCUT2D eigenvalue weighted by Gasteiger charge is 2.31. The maximum atomic E-state index is 12.9. The van der Waals surface area contributed by atoms with E-state index in [1.54, 1.807) is 0 Å². The molecule has 0 saturated carbocycles. The van der Waals surface area contributed by atoms with Crippen molar-refractivity contribution in [1.82, 2.24) is 4.98 Å². The van der Waals surface area contributed by atoms with Crippen molar-refractivity contribution in [2.75, 3.05) is 43.1 Å². The smallest absolute Gasteiger partial charge is 0.416 e. The first-order valence-corrected chi connectivity index (χ1v) is 11.0. The molecule has 10 heteroatoms. The zero-order valence-electron chi connectivity index (χ0n) is 17.0. The third-order valence-electron chi connectivity index (χ3n) is 5.21. The van der Waals surface area contributed by atoms with Gasteiger partial charge < -0.3 is 14.5 Å². The number of alkyl halides is 3. The molecule has 0 atom stereocenters. The van der Waals surface area contributed by atoms with Gasteiger partial charge in [-0.25, -0.2) is 9.78 Å². The molecule has 0 N–H and O–H groups in total. The zero-order chi connectivity index (χ0) is 22.9. The number of carbonyl (C=O) groups is 1. The van der Waals surface area contributed by atoms with E-state index in [-0.39, 0.29) is 5.69 Å². The molecule has 0 spiro atoms. The first kappa shape index (κ1) is 22.4. The van der Waals surface area contributed by atoms with E-state index in [0.29, 0.717) is 33.7 Å². The summed E-state index contributed by atoms with van der Waals surface area (Å²) in [6.07, 6.45) is -4.42. The van der Waals surface area contributed by atoms with Gasteiger partial charge in [-0.15, -0.1) is 0 Å². The lowest BCUT2D eigenvalue weighted by Crippen LogP contribution is -2.46. The molecule has 5 nitrogen and oxygen atoms in total. The Morgan fingerprint density at radius 1 is 1.00 bits per heavy atom. The Morgan fingerprint density at radius 2 is 1.59 bits per heavy atom. The molecule has 1 aliphatic heterocycles. The van der Waals surface area contributed by atoms with Crippen molar-refractivity contribution in [3.63, 3.8) is 0 Å². The van der Waals surface area contributed by atoms with Crippen LogP contribution in [0.5, 0.6) is 0 Å². The van der Waals surface area contributed by atoms with Crippen molar-refractivity contribution in [2.24, 2.45) is 0 Å². The number of benzene rings is 2. The number of carbonyl (C=O) groups excluding carboxylic acids is 1. The quantitative estimate of drug-likeness (QED) is 0.454. The number of aromatic nitrogens is 1. The van der Waals surface area contributed by atoms with Crippen LogP contribution in [0.25, 0.3) is 10.4 Å².